The van der Waals surface area contributed by atoms with E-state index in [1.807, 2.05) is 26.8 Å². The summed E-state index contributed by atoms with van der Waals surface area (Å²) in [5.74, 6) is 0.527. The molecule has 1 N–H and O–H groups in total. The Balaban J connectivity index is 1.97. The molecule has 7 nitrogen and oxygen atoms in total. The van der Waals surface area contributed by atoms with Crippen molar-refractivity contribution in [3.63, 3.8) is 0 Å². The van der Waals surface area contributed by atoms with Crippen LogP contribution in [0, 0.1) is 6.92 Å². The average Bonchev–Trinajstić information content (AvgIpc) is 3.11. The van der Waals surface area contributed by atoms with Gasteiger partial charge in [-0.15, -0.1) is 5.10 Å². The van der Waals surface area contributed by atoms with E-state index in [9.17, 15) is 8.42 Å². The second kappa shape index (κ2) is 7.40. The standard InChI is InChI=1S/C19H22N4O3S/c1-13(2)17-12-20-22-23(17)16-7-5-6-15(11-16)21-27(24,25)19-10-14(3)8-9-18(19)26-4/h5-13,21H,1-4H3. The molecule has 0 fully saturated rings. The summed E-state index contributed by atoms with van der Waals surface area (Å²) < 4.78 is 35.3. The molecular formula is C19H22N4O3S. The lowest BCUT2D eigenvalue weighted by molar-refractivity contribution is 0.402. The molecule has 3 aromatic rings. The largest absolute Gasteiger partial charge is 0.495 e. The Kier molecular flexibility index (Phi) is 5.18. The fourth-order valence-electron chi connectivity index (χ4n) is 2.74. The van der Waals surface area contributed by atoms with Gasteiger partial charge in [0.2, 0.25) is 0 Å². The number of rotatable bonds is 6. The number of hydrogen-bond acceptors (Lipinski definition) is 5. The zero-order chi connectivity index (χ0) is 19.6. The van der Waals surface area contributed by atoms with E-state index in [1.54, 1.807) is 47.3 Å². The highest BCUT2D eigenvalue weighted by Crippen LogP contribution is 2.27. The van der Waals surface area contributed by atoms with Crippen LogP contribution in [0.15, 0.2) is 53.6 Å². The van der Waals surface area contributed by atoms with Gasteiger partial charge in [-0.1, -0.05) is 31.2 Å². The number of ether oxygens (including phenoxy) is 1. The van der Waals surface area contributed by atoms with E-state index < -0.39 is 10.0 Å². The van der Waals surface area contributed by atoms with E-state index in [0.29, 0.717) is 11.4 Å². The first kappa shape index (κ1) is 18.9. The molecule has 0 atom stereocenters. The van der Waals surface area contributed by atoms with Gasteiger partial charge < -0.3 is 4.74 Å². The van der Waals surface area contributed by atoms with Crippen molar-refractivity contribution in [2.24, 2.45) is 0 Å². The van der Waals surface area contributed by atoms with Gasteiger partial charge >= 0.3 is 0 Å². The second-order valence-corrected chi connectivity index (χ2v) is 8.19. The highest BCUT2D eigenvalue weighted by atomic mass is 32.2. The van der Waals surface area contributed by atoms with Crippen LogP contribution < -0.4 is 9.46 Å². The first-order valence-corrected chi connectivity index (χ1v) is 9.98. The van der Waals surface area contributed by atoms with Crippen molar-refractivity contribution in [1.82, 2.24) is 15.0 Å². The minimum absolute atomic E-state index is 0.0963. The summed E-state index contributed by atoms with van der Waals surface area (Å²) in [6.07, 6.45) is 1.71. The lowest BCUT2D eigenvalue weighted by Crippen LogP contribution is -2.14. The molecule has 0 radical (unpaired) electrons. The Hall–Kier alpha value is -2.87. The van der Waals surface area contributed by atoms with E-state index in [2.05, 4.69) is 15.0 Å². The third-order valence-corrected chi connectivity index (χ3v) is 5.52. The van der Waals surface area contributed by atoms with Crippen LogP contribution in [0.1, 0.15) is 31.0 Å². The molecule has 0 aliphatic heterocycles. The Morgan fingerprint density at radius 1 is 1.15 bits per heavy atom. The molecule has 0 amide bonds. The quantitative estimate of drug-likeness (QED) is 0.701. The molecule has 142 valence electrons. The number of methoxy groups -OCH3 is 1. The summed E-state index contributed by atoms with van der Waals surface area (Å²) in [5, 5.41) is 8.07. The fraction of sp³-hybridized carbons (Fsp3) is 0.263. The van der Waals surface area contributed by atoms with Gasteiger partial charge in [0.15, 0.2) is 0 Å². The minimum Gasteiger partial charge on any atom is -0.495 e. The van der Waals surface area contributed by atoms with Crippen molar-refractivity contribution in [2.45, 2.75) is 31.6 Å². The lowest BCUT2D eigenvalue weighted by atomic mass is 10.1. The maximum Gasteiger partial charge on any atom is 0.265 e. The van der Waals surface area contributed by atoms with Crippen molar-refractivity contribution in [1.29, 1.82) is 0 Å². The SMILES string of the molecule is COc1ccc(C)cc1S(=O)(=O)Nc1cccc(-n2nncc2C(C)C)c1. The molecule has 0 spiro atoms. The van der Waals surface area contributed by atoms with E-state index in [1.165, 1.54) is 7.11 Å². The molecule has 0 saturated carbocycles. The van der Waals surface area contributed by atoms with Crippen LogP contribution in [0.3, 0.4) is 0 Å². The van der Waals surface area contributed by atoms with Crippen LogP contribution in [0.25, 0.3) is 5.69 Å². The number of aromatic nitrogens is 3. The summed E-state index contributed by atoms with van der Waals surface area (Å²) >= 11 is 0. The third-order valence-electron chi connectivity index (χ3n) is 4.12. The molecule has 0 aliphatic rings. The number of sulfonamides is 1. The number of hydrogen-bond donors (Lipinski definition) is 1. The molecule has 8 heteroatoms. The molecule has 0 saturated heterocycles. The van der Waals surface area contributed by atoms with Crippen molar-refractivity contribution in [3.05, 3.63) is 59.9 Å². The van der Waals surface area contributed by atoms with E-state index in [0.717, 1.165) is 16.9 Å². The number of nitrogens with zero attached hydrogens (tertiary/aromatic N) is 3. The van der Waals surface area contributed by atoms with E-state index in [-0.39, 0.29) is 10.8 Å². The lowest BCUT2D eigenvalue weighted by Gasteiger charge is -2.14. The normalized spacial score (nSPS) is 11.6. The van der Waals surface area contributed by atoms with Gasteiger partial charge in [0.05, 0.1) is 30.4 Å². The van der Waals surface area contributed by atoms with Crippen LogP contribution in [-0.2, 0) is 10.0 Å². The van der Waals surface area contributed by atoms with Gasteiger partial charge in [-0.05, 0) is 48.7 Å². The Morgan fingerprint density at radius 3 is 2.63 bits per heavy atom. The predicted octanol–water partition coefficient (Wildman–Crippen LogP) is 3.51. The van der Waals surface area contributed by atoms with Crippen molar-refractivity contribution in [3.8, 4) is 11.4 Å². The second-order valence-electron chi connectivity index (χ2n) is 6.54. The van der Waals surface area contributed by atoms with Gasteiger partial charge in [-0.3, -0.25) is 4.72 Å². The Morgan fingerprint density at radius 2 is 1.93 bits per heavy atom. The van der Waals surface area contributed by atoms with Gasteiger partial charge in [0, 0.05) is 0 Å². The molecule has 0 aliphatic carbocycles. The first-order chi connectivity index (χ1) is 12.8. The van der Waals surface area contributed by atoms with Crippen LogP contribution in [0.4, 0.5) is 5.69 Å². The highest BCUT2D eigenvalue weighted by Gasteiger charge is 2.20. The maximum atomic E-state index is 12.9. The van der Waals surface area contributed by atoms with Crippen molar-refractivity contribution >= 4 is 15.7 Å². The zero-order valence-electron chi connectivity index (χ0n) is 15.7. The van der Waals surface area contributed by atoms with Crippen LogP contribution in [0.2, 0.25) is 0 Å². The van der Waals surface area contributed by atoms with Gasteiger partial charge in [0.1, 0.15) is 10.6 Å². The monoisotopic (exact) mass is 386 g/mol. The molecule has 0 bridgehead atoms. The zero-order valence-corrected chi connectivity index (χ0v) is 16.5. The predicted molar refractivity (Wildman–Crippen MR) is 104 cm³/mol. The topological polar surface area (TPSA) is 86.1 Å². The molecule has 2 aromatic carbocycles. The van der Waals surface area contributed by atoms with E-state index in [4.69, 9.17) is 4.74 Å². The number of aryl methyl sites for hydroxylation is 1. The molecular weight excluding hydrogens is 364 g/mol. The molecule has 1 aromatic heterocycles. The summed E-state index contributed by atoms with van der Waals surface area (Å²) in [7, 11) is -2.36. The smallest absolute Gasteiger partial charge is 0.265 e. The molecule has 27 heavy (non-hydrogen) atoms. The summed E-state index contributed by atoms with van der Waals surface area (Å²) in [6, 6.07) is 12.1. The maximum absolute atomic E-state index is 12.9. The third kappa shape index (κ3) is 3.95. The molecule has 1 heterocycles. The Labute approximate surface area is 159 Å². The van der Waals surface area contributed by atoms with Crippen LogP contribution in [-0.4, -0.2) is 30.5 Å². The Bertz CT molecular complexity index is 1060. The summed E-state index contributed by atoms with van der Waals surface area (Å²) in [6.45, 7) is 5.93. The minimum atomic E-state index is -3.81. The van der Waals surface area contributed by atoms with Gasteiger partial charge in [-0.25, -0.2) is 13.1 Å². The van der Waals surface area contributed by atoms with Crippen molar-refractivity contribution < 1.29 is 13.2 Å². The first-order valence-electron chi connectivity index (χ1n) is 8.50. The van der Waals surface area contributed by atoms with Crippen molar-refractivity contribution in [2.75, 3.05) is 11.8 Å². The average molecular weight is 386 g/mol. The fourth-order valence-corrected chi connectivity index (χ4v) is 4.05. The number of nitrogens with one attached hydrogen (secondary N) is 1. The molecule has 3 rings (SSSR count). The van der Waals surface area contributed by atoms with E-state index >= 15 is 0 Å². The van der Waals surface area contributed by atoms with Gasteiger partial charge in [0.25, 0.3) is 10.0 Å². The van der Waals surface area contributed by atoms with Gasteiger partial charge in [-0.2, -0.15) is 0 Å². The van der Waals surface area contributed by atoms with Crippen LogP contribution >= 0.6 is 0 Å². The number of benzene rings is 2. The number of anilines is 1. The molecule has 0 unspecified atom stereocenters. The van der Waals surface area contributed by atoms with Crippen LogP contribution in [0.5, 0.6) is 5.75 Å². The highest BCUT2D eigenvalue weighted by molar-refractivity contribution is 7.92. The summed E-state index contributed by atoms with van der Waals surface area (Å²) in [4.78, 5) is 0.0963. The summed E-state index contributed by atoms with van der Waals surface area (Å²) in [5.41, 5.74) is 2.93.